The number of nitrogens with two attached hydrogens (primary N) is 1. The minimum absolute atomic E-state index is 0.717. The zero-order valence-electron chi connectivity index (χ0n) is 8.90. The molecule has 3 rings (SSSR count). The summed E-state index contributed by atoms with van der Waals surface area (Å²) in [5, 5.41) is 1.29. The number of nitrogens with one attached hydrogen (secondary N) is 1. The van der Waals surface area contributed by atoms with E-state index >= 15 is 0 Å². The van der Waals surface area contributed by atoms with Crippen LogP contribution in [0.5, 0.6) is 0 Å². The van der Waals surface area contributed by atoms with Crippen molar-refractivity contribution >= 4 is 16.7 Å². The molecule has 2 aromatic rings. The van der Waals surface area contributed by atoms with Crippen LogP contribution in [-0.4, -0.2) is 10.8 Å². The highest BCUT2D eigenvalue weighted by atomic mass is 14.9. The molecule has 2 heterocycles. The van der Waals surface area contributed by atoms with Gasteiger partial charge in [0.15, 0.2) is 0 Å². The van der Waals surface area contributed by atoms with Crippen LogP contribution in [0.4, 0.5) is 0 Å². The predicted octanol–water partition coefficient (Wildman–Crippen LogP) is 2.36. The smallest absolute Gasteiger partial charge is 0.103 e. The molecule has 1 aliphatic rings. The Bertz CT molecular complexity index is 590. The number of fused-ring (bicyclic) bond motifs is 1. The van der Waals surface area contributed by atoms with E-state index in [2.05, 4.69) is 34.4 Å². The number of para-hydroxylation sites is 1. The van der Waals surface area contributed by atoms with E-state index in [1.54, 1.807) is 0 Å². The quantitative estimate of drug-likeness (QED) is 0.787. The lowest BCUT2D eigenvalue weighted by molar-refractivity contribution is 1.11. The van der Waals surface area contributed by atoms with Crippen LogP contribution in [0.25, 0.3) is 10.9 Å². The van der Waals surface area contributed by atoms with Gasteiger partial charge in [-0.25, -0.2) is 4.99 Å². The maximum atomic E-state index is 5.66. The molecule has 0 spiro atoms. The van der Waals surface area contributed by atoms with Gasteiger partial charge in [-0.05, 0) is 23.6 Å². The van der Waals surface area contributed by atoms with Gasteiger partial charge >= 0.3 is 0 Å². The lowest BCUT2D eigenvalue weighted by atomic mass is 10.0. The van der Waals surface area contributed by atoms with Crippen LogP contribution in [0.3, 0.4) is 0 Å². The lowest BCUT2D eigenvalue weighted by Crippen LogP contribution is -2.08. The van der Waals surface area contributed by atoms with E-state index in [-0.39, 0.29) is 0 Å². The minimum Gasteiger partial charge on any atom is -0.387 e. The number of H-pyrrole nitrogens is 1. The number of aromatic nitrogens is 1. The van der Waals surface area contributed by atoms with Gasteiger partial charge in [-0.1, -0.05) is 18.2 Å². The summed E-state index contributed by atoms with van der Waals surface area (Å²) in [4.78, 5) is 7.38. The molecule has 3 heteroatoms. The van der Waals surface area contributed by atoms with E-state index in [9.17, 15) is 0 Å². The Morgan fingerprint density at radius 1 is 1.31 bits per heavy atom. The highest BCUT2D eigenvalue weighted by Gasteiger charge is 2.10. The minimum atomic E-state index is 0.717. The summed E-state index contributed by atoms with van der Waals surface area (Å²) >= 11 is 0. The first-order valence-corrected chi connectivity index (χ1v) is 5.38. The lowest BCUT2D eigenvalue weighted by Gasteiger charge is -2.00. The number of nitrogens with zero attached hydrogens (tertiary/aromatic N) is 1. The molecule has 0 unspecified atom stereocenters. The van der Waals surface area contributed by atoms with Crippen LogP contribution < -0.4 is 5.73 Å². The first kappa shape index (κ1) is 9.21. The van der Waals surface area contributed by atoms with Gasteiger partial charge in [0.05, 0.1) is 0 Å². The zero-order valence-corrected chi connectivity index (χ0v) is 8.90. The molecule has 3 N–H and O–H groups in total. The van der Waals surface area contributed by atoms with Crippen molar-refractivity contribution < 1.29 is 0 Å². The number of benzene rings is 1. The SMILES string of the molecule is NC1=NC=C(Cc2c[nH]c3ccccc23)C1. The number of aliphatic imine (C=N–C) groups is 1. The van der Waals surface area contributed by atoms with Crippen molar-refractivity contribution in [3.8, 4) is 0 Å². The molecule has 1 aromatic carbocycles. The molecular formula is C13H13N3. The van der Waals surface area contributed by atoms with E-state index in [0.717, 1.165) is 18.7 Å². The first-order valence-electron chi connectivity index (χ1n) is 5.38. The molecule has 80 valence electrons. The summed E-state index contributed by atoms with van der Waals surface area (Å²) < 4.78 is 0. The third-order valence-electron chi connectivity index (χ3n) is 2.91. The number of amidine groups is 1. The second-order valence-electron chi connectivity index (χ2n) is 4.12. The molecular weight excluding hydrogens is 198 g/mol. The van der Waals surface area contributed by atoms with Crippen molar-refractivity contribution in [1.29, 1.82) is 0 Å². The van der Waals surface area contributed by atoms with E-state index < -0.39 is 0 Å². The average Bonchev–Trinajstić information content (AvgIpc) is 2.87. The van der Waals surface area contributed by atoms with E-state index in [0.29, 0.717) is 0 Å². The van der Waals surface area contributed by atoms with Crippen molar-refractivity contribution in [3.05, 3.63) is 47.8 Å². The van der Waals surface area contributed by atoms with Crippen LogP contribution in [0, 0.1) is 0 Å². The normalized spacial score (nSPS) is 15.2. The van der Waals surface area contributed by atoms with Crippen LogP contribution in [-0.2, 0) is 6.42 Å². The molecule has 16 heavy (non-hydrogen) atoms. The second kappa shape index (κ2) is 3.52. The van der Waals surface area contributed by atoms with Gasteiger partial charge in [0.25, 0.3) is 0 Å². The molecule has 1 aromatic heterocycles. The van der Waals surface area contributed by atoms with E-state index in [4.69, 9.17) is 5.73 Å². The molecule has 0 amide bonds. The summed E-state index contributed by atoms with van der Waals surface area (Å²) in [6, 6.07) is 8.33. The maximum Gasteiger partial charge on any atom is 0.103 e. The molecule has 0 fully saturated rings. The maximum absolute atomic E-state index is 5.66. The summed E-state index contributed by atoms with van der Waals surface area (Å²) in [7, 11) is 0. The molecule has 0 radical (unpaired) electrons. The Morgan fingerprint density at radius 2 is 2.19 bits per heavy atom. The Labute approximate surface area is 93.7 Å². The van der Waals surface area contributed by atoms with Crippen LogP contribution >= 0.6 is 0 Å². The molecule has 0 saturated carbocycles. The van der Waals surface area contributed by atoms with Crippen molar-refractivity contribution in [2.24, 2.45) is 10.7 Å². The highest BCUT2D eigenvalue weighted by molar-refractivity contribution is 5.87. The third kappa shape index (κ3) is 1.50. The van der Waals surface area contributed by atoms with Crippen molar-refractivity contribution in [2.75, 3.05) is 0 Å². The molecule has 0 aliphatic carbocycles. The predicted molar refractivity (Wildman–Crippen MR) is 66.3 cm³/mol. The molecule has 0 saturated heterocycles. The van der Waals surface area contributed by atoms with Gasteiger partial charge in [0, 0.05) is 29.7 Å². The number of aromatic amines is 1. The van der Waals surface area contributed by atoms with Gasteiger partial charge in [-0.2, -0.15) is 0 Å². The van der Waals surface area contributed by atoms with Gasteiger partial charge < -0.3 is 10.7 Å². The Kier molecular flexibility index (Phi) is 2.03. The largest absolute Gasteiger partial charge is 0.387 e. The van der Waals surface area contributed by atoms with E-state index in [1.807, 2.05) is 12.3 Å². The fourth-order valence-electron chi connectivity index (χ4n) is 2.13. The van der Waals surface area contributed by atoms with Gasteiger partial charge in [-0.3, -0.25) is 0 Å². The molecule has 1 aliphatic heterocycles. The fourth-order valence-corrected chi connectivity index (χ4v) is 2.13. The summed E-state index contributed by atoms with van der Waals surface area (Å²) in [6.45, 7) is 0. The van der Waals surface area contributed by atoms with Crippen molar-refractivity contribution in [3.63, 3.8) is 0 Å². The molecule has 3 nitrogen and oxygen atoms in total. The fraction of sp³-hybridized carbons (Fsp3) is 0.154. The number of hydrogen-bond acceptors (Lipinski definition) is 2. The standard InChI is InChI=1S/C13H13N3/c14-13-6-9(7-16-13)5-10-8-15-12-4-2-1-3-11(10)12/h1-4,7-8,15H,5-6H2,(H2,14,16). The molecule has 0 atom stereocenters. The Hall–Kier alpha value is -2.03. The van der Waals surface area contributed by atoms with Crippen LogP contribution in [0.1, 0.15) is 12.0 Å². The summed E-state index contributed by atoms with van der Waals surface area (Å²) in [5.41, 5.74) is 9.43. The van der Waals surface area contributed by atoms with Crippen molar-refractivity contribution in [1.82, 2.24) is 4.98 Å². The van der Waals surface area contributed by atoms with Gasteiger partial charge in [-0.15, -0.1) is 0 Å². The van der Waals surface area contributed by atoms with Crippen LogP contribution in [0.15, 0.2) is 47.2 Å². The van der Waals surface area contributed by atoms with Crippen molar-refractivity contribution in [2.45, 2.75) is 12.8 Å². The Morgan fingerprint density at radius 3 is 3.00 bits per heavy atom. The average molecular weight is 211 g/mol. The third-order valence-corrected chi connectivity index (χ3v) is 2.91. The Balaban J connectivity index is 1.90. The van der Waals surface area contributed by atoms with Gasteiger partial charge in [0.2, 0.25) is 0 Å². The topological polar surface area (TPSA) is 54.2 Å². The summed E-state index contributed by atoms with van der Waals surface area (Å²) in [5.74, 6) is 0.717. The zero-order chi connectivity index (χ0) is 11.0. The first-order chi connectivity index (χ1) is 7.83. The molecule has 0 bridgehead atoms. The summed E-state index contributed by atoms with van der Waals surface area (Å²) in [6.07, 6.45) is 5.69. The number of rotatable bonds is 2. The van der Waals surface area contributed by atoms with Crippen LogP contribution in [0.2, 0.25) is 0 Å². The highest BCUT2D eigenvalue weighted by Crippen LogP contribution is 2.23. The second-order valence-corrected chi connectivity index (χ2v) is 4.12. The van der Waals surface area contributed by atoms with E-state index in [1.165, 1.54) is 22.0 Å². The van der Waals surface area contributed by atoms with Gasteiger partial charge in [0.1, 0.15) is 5.84 Å². The number of hydrogen-bond donors (Lipinski definition) is 2. The monoisotopic (exact) mass is 211 g/mol.